The fourth-order valence-corrected chi connectivity index (χ4v) is 2.62. The molecule has 2 aromatic rings. The normalized spacial score (nSPS) is 13.6. The molecule has 0 spiro atoms. The topological polar surface area (TPSA) is 75.4 Å². The predicted molar refractivity (Wildman–Crippen MR) is 90.2 cm³/mol. The average Bonchev–Trinajstić information content (AvgIpc) is 2.54. The maximum absolute atomic E-state index is 11.1. The maximum atomic E-state index is 11.1. The molecule has 2 N–H and O–H groups in total. The van der Waals surface area contributed by atoms with Crippen LogP contribution in [0, 0.1) is 17.0 Å². The predicted octanol–water partition coefficient (Wildman–Crippen LogP) is 3.81. The van der Waals surface area contributed by atoms with Crippen LogP contribution in [-0.2, 0) is 6.61 Å². The Morgan fingerprint density at radius 1 is 1.13 bits per heavy atom. The van der Waals surface area contributed by atoms with Crippen molar-refractivity contribution in [2.24, 2.45) is 0 Å². The number of nitrogens with zero attached hydrogens (tertiary/aromatic N) is 1. The van der Waals surface area contributed by atoms with E-state index < -0.39 is 0 Å². The lowest BCUT2D eigenvalue weighted by atomic mass is 10.0. The molecule has 0 amide bonds. The fraction of sp³-hybridized carbons (Fsp3) is 0.333. The SMILES string of the molecule is Cc1ccc(C(C)NC(C)c2cccc(CO)c2)cc1[N+](=O)[O-]. The summed E-state index contributed by atoms with van der Waals surface area (Å²) in [6.45, 7) is 5.78. The van der Waals surface area contributed by atoms with Gasteiger partial charge in [-0.3, -0.25) is 10.1 Å². The van der Waals surface area contributed by atoms with Gasteiger partial charge >= 0.3 is 0 Å². The number of hydrogen-bond acceptors (Lipinski definition) is 4. The minimum Gasteiger partial charge on any atom is -0.392 e. The third-order valence-corrected chi connectivity index (χ3v) is 4.06. The lowest BCUT2D eigenvalue weighted by molar-refractivity contribution is -0.385. The Hall–Kier alpha value is -2.24. The van der Waals surface area contributed by atoms with Crippen LogP contribution in [-0.4, -0.2) is 10.0 Å². The summed E-state index contributed by atoms with van der Waals surface area (Å²) in [5, 5.41) is 23.7. The summed E-state index contributed by atoms with van der Waals surface area (Å²) in [6, 6.07) is 13.1. The van der Waals surface area contributed by atoms with Crippen LogP contribution in [0.15, 0.2) is 42.5 Å². The van der Waals surface area contributed by atoms with Gasteiger partial charge in [0.05, 0.1) is 11.5 Å². The van der Waals surface area contributed by atoms with Gasteiger partial charge in [-0.05, 0) is 37.5 Å². The Morgan fingerprint density at radius 3 is 2.39 bits per heavy atom. The van der Waals surface area contributed by atoms with Gasteiger partial charge in [0.2, 0.25) is 0 Å². The Bertz CT molecular complexity index is 700. The van der Waals surface area contributed by atoms with Crippen LogP contribution >= 0.6 is 0 Å². The Kier molecular flexibility index (Phi) is 5.47. The van der Waals surface area contributed by atoms with Crippen molar-refractivity contribution in [2.45, 2.75) is 39.5 Å². The summed E-state index contributed by atoms with van der Waals surface area (Å²) < 4.78 is 0. The van der Waals surface area contributed by atoms with E-state index in [2.05, 4.69) is 5.32 Å². The van der Waals surface area contributed by atoms with Crippen LogP contribution < -0.4 is 5.32 Å². The zero-order chi connectivity index (χ0) is 17.0. The molecule has 0 radical (unpaired) electrons. The van der Waals surface area contributed by atoms with E-state index in [1.165, 1.54) is 0 Å². The highest BCUT2D eigenvalue weighted by atomic mass is 16.6. The number of aliphatic hydroxyl groups is 1. The number of nitrogens with one attached hydrogen (secondary N) is 1. The molecule has 0 bridgehead atoms. The summed E-state index contributed by atoms with van der Waals surface area (Å²) in [5.74, 6) is 0. The van der Waals surface area contributed by atoms with E-state index in [1.54, 1.807) is 19.1 Å². The first-order valence-electron chi connectivity index (χ1n) is 7.63. The number of nitro groups is 1. The average molecular weight is 314 g/mol. The Morgan fingerprint density at radius 2 is 1.78 bits per heavy atom. The number of rotatable bonds is 6. The van der Waals surface area contributed by atoms with Crippen molar-refractivity contribution in [1.29, 1.82) is 0 Å². The summed E-state index contributed by atoms with van der Waals surface area (Å²) in [4.78, 5) is 10.7. The molecule has 0 saturated heterocycles. The van der Waals surface area contributed by atoms with Crippen LogP contribution in [0.2, 0.25) is 0 Å². The molecule has 0 aromatic heterocycles. The number of benzene rings is 2. The van der Waals surface area contributed by atoms with Gasteiger partial charge in [-0.2, -0.15) is 0 Å². The largest absolute Gasteiger partial charge is 0.392 e. The standard InChI is InChI=1S/C18H22N2O3/c1-12-7-8-17(10-18(12)20(22)23)14(3)19-13(2)16-6-4-5-15(9-16)11-21/h4-10,13-14,19,21H,11H2,1-3H3. The molecule has 0 aliphatic heterocycles. The molecular weight excluding hydrogens is 292 g/mol. The quantitative estimate of drug-likeness (QED) is 0.628. The number of nitro benzene ring substituents is 1. The van der Waals surface area contributed by atoms with Crippen LogP contribution in [0.3, 0.4) is 0 Å². The molecule has 0 saturated carbocycles. The van der Waals surface area contributed by atoms with Gasteiger partial charge in [0, 0.05) is 23.7 Å². The zero-order valence-corrected chi connectivity index (χ0v) is 13.6. The zero-order valence-electron chi connectivity index (χ0n) is 13.6. The van der Waals surface area contributed by atoms with Gasteiger partial charge in [-0.1, -0.05) is 36.4 Å². The van der Waals surface area contributed by atoms with Crippen molar-refractivity contribution in [3.05, 3.63) is 74.8 Å². The van der Waals surface area contributed by atoms with Crippen molar-refractivity contribution < 1.29 is 10.0 Å². The molecule has 23 heavy (non-hydrogen) atoms. The van der Waals surface area contributed by atoms with Crippen molar-refractivity contribution >= 4 is 5.69 Å². The summed E-state index contributed by atoms with van der Waals surface area (Å²) in [5.41, 5.74) is 3.63. The molecule has 2 atom stereocenters. The van der Waals surface area contributed by atoms with Crippen molar-refractivity contribution in [3.8, 4) is 0 Å². The highest BCUT2D eigenvalue weighted by molar-refractivity contribution is 5.43. The highest BCUT2D eigenvalue weighted by Crippen LogP contribution is 2.25. The molecule has 2 unspecified atom stereocenters. The van der Waals surface area contributed by atoms with E-state index in [0.717, 1.165) is 16.7 Å². The van der Waals surface area contributed by atoms with E-state index in [-0.39, 0.29) is 29.3 Å². The summed E-state index contributed by atoms with van der Waals surface area (Å²) >= 11 is 0. The summed E-state index contributed by atoms with van der Waals surface area (Å²) in [6.07, 6.45) is 0. The molecule has 0 aliphatic carbocycles. The van der Waals surface area contributed by atoms with E-state index in [9.17, 15) is 15.2 Å². The minimum absolute atomic E-state index is 0.0142. The second-order valence-corrected chi connectivity index (χ2v) is 5.82. The number of hydrogen-bond donors (Lipinski definition) is 2. The van der Waals surface area contributed by atoms with Gasteiger partial charge in [0.25, 0.3) is 5.69 Å². The van der Waals surface area contributed by atoms with Gasteiger partial charge in [-0.15, -0.1) is 0 Å². The van der Waals surface area contributed by atoms with Gasteiger partial charge in [0.1, 0.15) is 0 Å². The van der Waals surface area contributed by atoms with Gasteiger partial charge in [-0.25, -0.2) is 0 Å². The molecule has 5 nitrogen and oxygen atoms in total. The van der Waals surface area contributed by atoms with Crippen LogP contribution in [0.25, 0.3) is 0 Å². The van der Waals surface area contributed by atoms with Crippen molar-refractivity contribution in [1.82, 2.24) is 5.32 Å². The third-order valence-electron chi connectivity index (χ3n) is 4.06. The van der Waals surface area contributed by atoms with Crippen LogP contribution in [0.1, 0.15) is 48.2 Å². The first kappa shape index (κ1) is 17.1. The Labute approximate surface area is 136 Å². The third kappa shape index (κ3) is 4.15. The Balaban J connectivity index is 2.16. The molecule has 0 fully saturated rings. The fourth-order valence-electron chi connectivity index (χ4n) is 2.62. The molecule has 2 aromatic carbocycles. The van der Waals surface area contributed by atoms with E-state index in [4.69, 9.17) is 0 Å². The lowest BCUT2D eigenvalue weighted by Gasteiger charge is -2.21. The van der Waals surface area contributed by atoms with Gasteiger partial charge in [0.15, 0.2) is 0 Å². The smallest absolute Gasteiger partial charge is 0.272 e. The monoisotopic (exact) mass is 314 g/mol. The first-order chi connectivity index (χ1) is 10.9. The summed E-state index contributed by atoms with van der Waals surface area (Å²) in [7, 11) is 0. The second-order valence-electron chi connectivity index (χ2n) is 5.82. The minimum atomic E-state index is -0.348. The van der Waals surface area contributed by atoms with E-state index >= 15 is 0 Å². The van der Waals surface area contributed by atoms with Crippen molar-refractivity contribution in [2.75, 3.05) is 0 Å². The van der Waals surface area contributed by atoms with E-state index in [1.807, 2.05) is 44.2 Å². The van der Waals surface area contributed by atoms with E-state index in [0.29, 0.717) is 5.56 Å². The first-order valence-corrected chi connectivity index (χ1v) is 7.63. The van der Waals surface area contributed by atoms with Crippen LogP contribution in [0.5, 0.6) is 0 Å². The molecule has 5 heteroatoms. The lowest BCUT2D eigenvalue weighted by Crippen LogP contribution is -2.22. The number of aliphatic hydroxyl groups excluding tert-OH is 1. The highest BCUT2D eigenvalue weighted by Gasteiger charge is 2.16. The molecule has 0 aliphatic rings. The number of aryl methyl sites for hydroxylation is 1. The van der Waals surface area contributed by atoms with Gasteiger partial charge < -0.3 is 10.4 Å². The molecular formula is C18H22N2O3. The van der Waals surface area contributed by atoms with Crippen LogP contribution in [0.4, 0.5) is 5.69 Å². The second kappa shape index (κ2) is 7.35. The molecule has 122 valence electrons. The van der Waals surface area contributed by atoms with Crippen molar-refractivity contribution in [3.63, 3.8) is 0 Å². The maximum Gasteiger partial charge on any atom is 0.272 e. The molecule has 2 rings (SSSR count). The molecule has 0 heterocycles.